The Labute approximate surface area is 147 Å². The normalized spacial score (nSPS) is 11.5. The molecule has 0 bridgehead atoms. The van der Waals surface area contributed by atoms with Crippen molar-refractivity contribution in [3.05, 3.63) is 48.5 Å². The van der Waals surface area contributed by atoms with Gasteiger partial charge in [-0.05, 0) is 41.2 Å². The van der Waals surface area contributed by atoms with Crippen molar-refractivity contribution in [3.8, 4) is 0 Å². The lowest BCUT2D eigenvalue weighted by molar-refractivity contribution is 1.20. The Bertz CT molecular complexity index is 869. The topological polar surface area (TPSA) is 62.3 Å². The van der Waals surface area contributed by atoms with Crippen molar-refractivity contribution in [2.24, 2.45) is 20.5 Å². The van der Waals surface area contributed by atoms with Gasteiger partial charge in [-0.3, -0.25) is 0 Å². The Morgan fingerprint density at radius 3 is 1.58 bits per heavy atom. The third kappa shape index (κ3) is 4.26. The molecule has 0 amide bonds. The molecule has 2 aromatic carbocycles. The van der Waals surface area contributed by atoms with Crippen LogP contribution >= 0.6 is 11.3 Å². The van der Waals surface area contributed by atoms with Gasteiger partial charge in [-0.15, -0.1) is 21.6 Å². The fraction of sp³-hybridized carbons (Fsp3) is 0. The van der Waals surface area contributed by atoms with E-state index in [2.05, 4.69) is 25.4 Å². The predicted molar refractivity (Wildman–Crippen MR) is 108 cm³/mol. The summed E-state index contributed by atoms with van der Waals surface area (Å²) < 4.78 is 1.16. The SMILES string of the molecule is Bc1ccc(N=Nc2ccc(N=Nc3nc(B)c(B)s3)cc2)cc1. The average Bonchev–Trinajstić information content (AvgIpc) is 2.91. The van der Waals surface area contributed by atoms with Gasteiger partial charge in [0.1, 0.15) is 7.85 Å². The molecule has 3 aromatic rings. The fourth-order valence-electron chi connectivity index (χ4n) is 1.91. The zero-order valence-corrected chi connectivity index (χ0v) is 14.6. The van der Waals surface area contributed by atoms with Gasteiger partial charge in [-0.25, -0.2) is 4.98 Å². The number of azo groups is 2. The van der Waals surface area contributed by atoms with Gasteiger partial charge in [0.25, 0.3) is 0 Å². The summed E-state index contributed by atoms with van der Waals surface area (Å²) in [7, 11) is 6.04. The summed E-state index contributed by atoms with van der Waals surface area (Å²) in [4.78, 5) is 4.34. The lowest BCUT2D eigenvalue weighted by Gasteiger charge is -1.95. The minimum atomic E-state index is 0.674. The van der Waals surface area contributed by atoms with Crippen LogP contribution in [0.3, 0.4) is 0 Å². The van der Waals surface area contributed by atoms with Crippen molar-refractivity contribution in [2.45, 2.75) is 0 Å². The number of aromatic nitrogens is 1. The highest BCUT2D eigenvalue weighted by Crippen LogP contribution is 2.23. The lowest BCUT2D eigenvalue weighted by Crippen LogP contribution is -2.21. The Morgan fingerprint density at radius 2 is 1.12 bits per heavy atom. The Kier molecular flexibility index (Phi) is 5.00. The van der Waals surface area contributed by atoms with Crippen LogP contribution in [0.25, 0.3) is 0 Å². The van der Waals surface area contributed by atoms with Crippen LogP contribution in [0.5, 0.6) is 0 Å². The summed E-state index contributed by atoms with van der Waals surface area (Å²) in [6.07, 6.45) is 0. The summed E-state index contributed by atoms with van der Waals surface area (Å²) in [5.41, 5.74) is 4.57. The van der Waals surface area contributed by atoms with Crippen molar-refractivity contribution in [2.75, 3.05) is 0 Å². The van der Waals surface area contributed by atoms with E-state index in [0.717, 1.165) is 27.4 Å². The molecule has 0 unspecified atom stereocenters. The molecule has 0 saturated carbocycles. The van der Waals surface area contributed by atoms with Gasteiger partial charge in [0, 0.05) is 5.59 Å². The van der Waals surface area contributed by atoms with Crippen molar-refractivity contribution in [1.82, 2.24) is 4.98 Å². The van der Waals surface area contributed by atoms with Gasteiger partial charge in [-0.2, -0.15) is 10.2 Å². The third-order valence-electron chi connectivity index (χ3n) is 3.43. The largest absolute Gasteiger partial charge is 0.234 e. The van der Waals surface area contributed by atoms with Crippen molar-refractivity contribution in [1.29, 1.82) is 0 Å². The van der Waals surface area contributed by atoms with E-state index in [1.807, 2.05) is 72.1 Å². The van der Waals surface area contributed by atoms with Gasteiger partial charge in [0.05, 0.1) is 17.1 Å². The second-order valence-corrected chi connectivity index (χ2v) is 6.57. The second kappa shape index (κ2) is 7.36. The minimum Gasteiger partial charge on any atom is -0.234 e. The highest BCUT2D eigenvalue weighted by molar-refractivity contribution is 7.24. The first-order chi connectivity index (χ1) is 11.6. The van der Waals surface area contributed by atoms with E-state index in [-0.39, 0.29) is 0 Å². The van der Waals surface area contributed by atoms with E-state index < -0.39 is 0 Å². The molecular weight excluding hydrogens is 315 g/mol. The molecule has 0 aliphatic rings. The second-order valence-electron chi connectivity index (χ2n) is 5.39. The van der Waals surface area contributed by atoms with Gasteiger partial charge < -0.3 is 0 Å². The zero-order chi connectivity index (χ0) is 16.9. The molecule has 0 aliphatic carbocycles. The first-order valence-corrected chi connectivity index (χ1v) is 8.36. The molecule has 114 valence electrons. The van der Waals surface area contributed by atoms with E-state index in [0.29, 0.717) is 5.13 Å². The molecular formula is C15H14B3N5S. The summed E-state index contributed by atoms with van der Waals surface area (Å²) in [6.45, 7) is 0. The van der Waals surface area contributed by atoms with Crippen LogP contribution in [-0.4, -0.2) is 28.5 Å². The van der Waals surface area contributed by atoms with Crippen LogP contribution in [0.15, 0.2) is 69.0 Å². The maximum absolute atomic E-state index is 4.34. The smallest absolute Gasteiger partial charge is 0.228 e. The zero-order valence-electron chi connectivity index (χ0n) is 13.8. The van der Waals surface area contributed by atoms with Gasteiger partial charge >= 0.3 is 0 Å². The number of benzene rings is 2. The van der Waals surface area contributed by atoms with Crippen LogP contribution in [0.4, 0.5) is 22.2 Å². The van der Waals surface area contributed by atoms with Crippen LogP contribution in [0.2, 0.25) is 0 Å². The molecule has 0 saturated heterocycles. The molecule has 9 heteroatoms. The number of hydrogen-bond acceptors (Lipinski definition) is 6. The Balaban J connectivity index is 1.67. The summed E-state index contributed by atoms with van der Waals surface area (Å²) in [5.74, 6) is 0. The number of thiazole rings is 1. The number of nitrogens with zero attached hydrogens (tertiary/aromatic N) is 5. The Hall–Kier alpha value is -2.54. The average molecular weight is 329 g/mol. The van der Waals surface area contributed by atoms with E-state index in [4.69, 9.17) is 0 Å². The fourth-order valence-corrected chi connectivity index (χ4v) is 2.64. The molecule has 1 aromatic heterocycles. The van der Waals surface area contributed by atoms with Crippen LogP contribution in [-0.2, 0) is 0 Å². The molecule has 0 fully saturated rings. The number of hydrogen-bond donors (Lipinski definition) is 0. The monoisotopic (exact) mass is 329 g/mol. The van der Waals surface area contributed by atoms with E-state index in [1.165, 1.54) is 16.8 Å². The first kappa shape index (κ1) is 16.3. The summed E-state index contributed by atoms with van der Waals surface area (Å²) >= 11 is 1.54. The molecule has 0 atom stereocenters. The highest BCUT2D eigenvalue weighted by atomic mass is 32.1. The highest BCUT2D eigenvalue weighted by Gasteiger charge is 2.01. The summed E-state index contributed by atoms with van der Waals surface area (Å²) in [5, 5.41) is 17.5. The lowest BCUT2D eigenvalue weighted by atomic mass is 9.94. The molecule has 1 heterocycles. The molecule has 0 aliphatic heterocycles. The van der Waals surface area contributed by atoms with Crippen molar-refractivity contribution in [3.63, 3.8) is 0 Å². The van der Waals surface area contributed by atoms with Crippen LogP contribution < -0.4 is 15.8 Å². The van der Waals surface area contributed by atoms with Crippen molar-refractivity contribution < 1.29 is 0 Å². The standard InChI is InChI=1S/C15H14B3N5S/c16-9-1-3-10(4-2-9)20-21-11-5-7-12(8-6-11)22-23-15-19-13(17)14(18)24-15/h1-8H,16-18H2. The van der Waals surface area contributed by atoms with E-state index in [1.54, 1.807) is 0 Å². The van der Waals surface area contributed by atoms with Crippen LogP contribution in [0, 0.1) is 0 Å². The van der Waals surface area contributed by atoms with Crippen molar-refractivity contribution >= 4 is 72.9 Å². The number of rotatable bonds is 4. The predicted octanol–water partition coefficient (Wildman–Crippen LogP) is 0.749. The molecule has 24 heavy (non-hydrogen) atoms. The van der Waals surface area contributed by atoms with E-state index in [9.17, 15) is 0 Å². The molecule has 0 spiro atoms. The van der Waals surface area contributed by atoms with Crippen LogP contribution in [0.1, 0.15) is 0 Å². The third-order valence-corrected chi connectivity index (χ3v) is 4.39. The maximum Gasteiger partial charge on any atom is 0.228 e. The molecule has 5 nitrogen and oxygen atoms in total. The summed E-state index contributed by atoms with van der Waals surface area (Å²) in [6, 6.07) is 15.4. The first-order valence-electron chi connectivity index (χ1n) is 7.54. The minimum absolute atomic E-state index is 0.674. The Morgan fingerprint density at radius 1 is 0.667 bits per heavy atom. The molecule has 0 N–H and O–H groups in total. The maximum atomic E-state index is 4.34. The molecule has 0 radical (unpaired) electrons. The van der Waals surface area contributed by atoms with E-state index >= 15 is 0 Å². The quantitative estimate of drug-likeness (QED) is 0.515. The van der Waals surface area contributed by atoms with Gasteiger partial charge in [0.15, 0.2) is 15.7 Å². The van der Waals surface area contributed by atoms with Gasteiger partial charge in [-0.1, -0.05) is 17.6 Å². The van der Waals surface area contributed by atoms with Gasteiger partial charge in [0.2, 0.25) is 5.13 Å². The molecule has 3 rings (SSSR count).